The Morgan fingerprint density at radius 3 is 2.23 bits per heavy atom. The number of hydrogen-bond acceptors (Lipinski definition) is 2. The predicted octanol–water partition coefficient (Wildman–Crippen LogP) is 2.10. The monoisotopic (exact) mass is 185 g/mol. The largest absolute Gasteiger partial charge is 0.478 e. The Morgan fingerprint density at radius 2 is 1.92 bits per heavy atom. The Kier molecular flexibility index (Phi) is 5.19. The van der Waals surface area contributed by atoms with Crippen LogP contribution in [0.2, 0.25) is 0 Å². The van der Waals surface area contributed by atoms with Gasteiger partial charge in [0.1, 0.15) is 0 Å². The van der Waals surface area contributed by atoms with Gasteiger partial charge in [0, 0.05) is 19.8 Å². The van der Waals surface area contributed by atoms with Gasteiger partial charge in [-0.25, -0.2) is 4.79 Å². The SMILES string of the molecule is CCCC/C(=C(/C)C(=O)O)N(C)C. The van der Waals surface area contributed by atoms with Crippen LogP contribution in [0.3, 0.4) is 0 Å². The average molecular weight is 185 g/mol. The van der Waals surface area contributed by atoms with Crippen molar-refractivity contribution in [3.63, 3.8) is 0 Å². The summed E-state index contributed by atoms with van der Waals surface area (Å²) in [5.41, 5.74) is 1.38. The normalized spacial score (nSPS) is 12.3. The minimum absolute atomic E-state index is 0.457. The lowest BCUT2D eigenvalue weighted by Crippen LogP contribution is -2.16. The number of carboxylic acids is 1. The molecule has 76 valence electrons. The van der Waals surface area contributed by atoms with Gasteiger partial charge < -0.3 is 10.0 Å². The Balaban J connectivity index is 4.57. The number of unbranched alkanes of at least 4 members (excludes halogenated alkanes) is 1. The lowest BCUT2D eigenvalue weighted by Gasteiger charge is -2.18. The molecule has 0 aliphatic carbocycles. The summed E-state index contributed by atoms with van der Waals surface area (Å²) in [7, 11) is 3.77. The summed E-state index contributed by atoms with van der Waals surface area (Å²) in [6, 6.07) is 0. The molecule has 0 amide bonds. The highest BCUT2D eigenvalue weighted by Gasteiger charge is 2.10. The second-order valence-corrected chi connectivity index (χ2v) is 3.37. The topological polar surface area (TPSA) is 40.5 Å². The molecule has 0 aliphatic rings. The van der Waals surface area contributed by atoms with Gasteiger partial charge in [-0.05, 0) is 19.8 Å². The van der Waals surface area contributed by atoms with Crippen LogP contribution in [0.1, 0.15) is 33.1 Å². The van der Waals surface area contributed by atoms with Crippen molar-refractivity contribution >= 4 is 5.97 Å². The van der Waals surface area contributed by atoms with Crippen molar-refractivity contribution in [2.75, 3.05) is 14.1 Å². The molecule has 0 unspecified atom stereocenters. The molecule has 0 fully saturated rings. The van der Waals surface area contributed by atoms with Gasteiger partial charge in [0.15, 0.2) is 0 Å². The maximum absolute atomic E-state index is 10.7. The predicted molar refractivity (Wildman–Crippen MR) is 53.5 cm³/mol. The van der Waals surface area contributed by atoms with Crippen LogP contribution in [0, 0.1) is 0 Å². The van der Waals surface area contributed by atoms with E-state index < -0.39 is 5.97 Å². The Hall–Kier alpha value is -0.990. The fourth-order valence-corrected chi connectivity index (χ4v) is 1.21. The van der Waals surface area contributed by atoms with E-state index in [4.69, 9.17) is 5.11 Å². The van der Waals surface area contributed by atoms with E-state index in [1.807, 2.05) is 19.0 Å². The van der Waals surface area contributed by atoms with Gasteiger partial charge in [-0.2, -0.15) is 0 Å². The van der Waals surface area contributed by atoms with E-state index in [9.17, 15) is 4.79 Å². The van der Waals surface area contributed by atoms with E-state index in [-0.39, 0.29) is 0 Å². The van der Waals surface area contributed by atoms with Gasteiger partial charge in [0.2, 0.25) is 0 Å². The van der Waals surface area contributed by atoms with Crippen LogP contribution in [0.4, 0.5) is 0 Å². The molecule has 0 heterocycles. The summed E-state index contributed by atoms with van der Waals surface area (Å²) in [5, 5.41) is 8.82. The summed E-state index contributed by atoms with van der Waals surface area (Å²) in [4.78, 5) is 12.6. The number of nitrogens with zero attached hydrogens (tertiary/aromatic N) is 1. The molecule has 0 aromatic heterocycles. The minimum Gasteiger partial charge on any atom is -0.478 e. The second-order valence-electron chi connectivity index (χ2n) is 3.37. The van der Waals surface area contributed by atoms with Gasteiger partial charge in [0.25, 0.3) is 0 Å². The third-order valence-corrected chi connectivity index (χ3v) is 2.06. The highest BCUT2D eigenvalue weighted by Crippen LogP contribution is 2.14. The van der Waals surface area contributed by atoms with Crippen molar-refractivity contribution in [2.45, 2.75) is 33.1 Å². The first kappa shape index (κ1) is 12.0. The lowest BCUT2D eigenvalue weighted by molar-refractivity contribution is -0.132. The number of hydrogen-bond donors (Lipinski definition) is 1. The van der Waals surface area contributed by atoms with E-state index >= 15 is 0 Å². The lowest BCUT2D eigenvalue weighted by atomic mass is 10.1. The number of aliphatic carboxylic acids is 1. The molecule has 0 saturated heterocycles. The maximum Gasteiger partial charge on any atom is 0.333 e. The number of allylic oxidation sites excluding steroid dienone is 1. The van der Waals surface area contributed by atoms with Crippen LogP contribution in [-0.2, 0) is 4.79 Å². The van der Waals surface area contributed by atoms with Crippen LogP contribution in [0.5, 0.6) is 0 Å². The molecule has 13 heavy (non-hydrogen) atoms. The van der Waals surface area contributed by atoms with Crippen molar-refractivity contribution in [1.82, 2.24) is 4.90 Å². The molecule has 0 aromatic rings. The van der Waals surface area contributed by atoms with E-state index in [0.29, 0.717) is 5.57 Å². The van der Waals surface area contributed by atoms with Crippen LogP contribution >= 0.6 is 0 Å². The minimum atomic E-state index is -0.820. The highest BCUT2D eigenvalue weighted by molar-refractivity contribution is 5.86. The van der Waals surface area contributed by atoms with Crippen LogP contribution in [-0.4, -0.2) is 30.1 Å². The molecule has 0 saturated carbocycles. The van der Waals surface area contributed by atoms with Crippen molar-refractivity contribution in [3.05, 3.63) is 11.3 Å². The van der Waals surface area contributed by atoms with E-state index in [0.717, 1.165) is 25.0 Å². The maximum atomic E-state index is 10.7. The Labute approximate surface area is 80.0 Å². The summed E-state index contributed by atoms with van der Waals surface area (Å²) in [6.07, 6.45) is 2.98. The number of carboxylic acid groups (broad SMARTS) is 1. The summed E-state index contributed by atoms with van der Waals surface area (Å²) < 4.78 is 0. The third kappa shape index (κ3) is 3.97. The molecule has 0 aliphatic heterocycles. The zero-order chi connectivity index (χ0) is 10.4. The molecular formula is C10H19NO2. The first-order chi connectivity index (χ1) is 6.00. The van der Waals surface area contributed by atoms with Crippen LogP contribution < -0.4 is 0 Å². The van der Waals surface area contributed by atoms with Gasteiger partial charge in [-0.1, -0.05) is 13.3 Å². The standard InChI is InChI=1S/C10H19NO2/c1-5-6-7-9(11(3)4)8(2)10(12)13/h5-7H2,1-4H3,(H,12,13)/b9-8+. The second kappa shape index (κ2) is 5.62. The average Bonchev–Trinajstić information content (AvgIpc) is 2.04. The van der Waals surface area contributed by atoms with Gasteiger partial charge in [-0.15, -0.1) is 0 Å². The molecule has 3 heteroatoms. The van der Waals surface area contributed by atoms with Crippen molar-refractivity contribution in [2.24, 2.45) is 0 Å². The number of carbonyl (C=O) groups is 1. The van der Waals surface area contributed by atoms with E-state index in [1.54, 1.807) is 6.92 Å². The van der Waals surface area contributed by atoms with Gasteiger partial charge in [0.05, 0.1) is 5.57 Å². The van der Waals surface area contributed by atoms with Gasteiger partial charge >= 0.3 is 5.97 Å². The number of rotatable bonds is 5. The molecule has 0 bridgehead atoms. The molecule has 0 atom stereocenters. The quantitative estimate of drug-likeness (QED) is 0.667. The van der Waals surface area contributed by atoms with E-state index in [2.05, 4.69) is 6.92 Å². The molecule has 0 spiro atoms. The molecule has 1 N–H and O–H groups in total. The van der Waals surface area contributed by atoms with Crippen molar-refractivity contribution < 1.29 is 9.90 Å². The molecule has 0 aromatic carbocycles. The fraction of sp³-hybridized carbons (Fsp3) is 0.700. The van der Waals surface area contributed by atoms with Gasteiger partial charge in [-0.3, -0.25) is 0 Å². The Morgan fingerprint density at radius 1 is 1.38 bits per heavy atom. The third-order valence-electron chi connectivity index (χ3n) is 2.06. The summed E-state index contributed by atoms with van der Waals surface area (Å²) >= 11 is 0. The summed E-state index contributed by atoms with van der Waals surface area (Å²) in [5.74, 6) is -0.820. The zero-order valence-corrected chi connectivity index (χ0v) is 8.92. The smallest absolute Gasteiger partial charge is 0.333 e. The van der Waals surface area contributed by atoms with Crippen LogP contribution in [0.25, 0.3) is 0 Å². The van der Waals surface area contributed by atoms with E-state index in [1.165, 1.54) is 0 Å². The van der Waals surface area contributed by atoms with Crippen molar-refractivity contribution in [1.29, 1.82) is 0 Å². The fourth-order valence-electron chi connectivity index (χ4n) is 1.21. The first-order valence-corrected chi connectivity index (χ1v) is 4.61. The zero-order valence-electron chi connectivity index (χ0n) is 8.92. The molecule has 0 rings (SSSR count). The molecular weight excluding hydrogens is 166 g/mol. The van der Waals surface area contributed by atoms with Crippen LogP contribution in [0.15, 0.2) is 11.3 Å². The first-order valence-electron chi connectivity index (χ1n) is 4.61. The summed E-state index contributed by atoms with van der Waals surface area (Å²) in [6.45, 7) is 3.76. The van der Waals surface area contributed by atoms with Crippen molar-refractivity contribution in [3.8, 4) is 0 Å². The Bertz CT molecular complexity index is 207. The highest BCUT2D eigenvalue weighted by atomic mass is 16.4. The molecule has 0 radical (unpaired) electrons. The molecule has 3 nitrogen and oxygen atoms in total.